The topological polar surface area (TPSA) is 68.9 Å². The van der Waals surface area contributed by atoms with Crippen molar-refractivity contribution >= 4 is 22.6 Å². The van der Waals surface area contributed by atoms with Crippen LogP contribution in [0.3, 0.4) is 0 Å². The summed E-state index contributed by atoms with van der Waals surface area (Å²) in [4.78, 5) is 17.1. The lowest BCUT2D eigenvalue weighted by atomic mass is 9.81. The fraction of sp³-hybridized carbons (Fsp3) is 0.559. The van der Waals surface area contributed by atoms with Crippen molar-refractivity contribution in [2.75, 3.05) is 37.6 Å². The van der Waals surface area contributed by atoms with Gasteiger partial charge in [0.2, 0.25) is 0 Å². The van der Waals surface area contributed by atoms with Gasteiger partial charge >= 0.3 is 5.97 Å². The Morgan fingerprint density at radius 2 is 1.75 bits per heavy atom. The van der Waals surface area contributed by atoms with E-state index in [0.29, 0.717) is 17.4 Å². The highest BCUT2D eigenvalue weighted by Crippen LogP contribution is 2.47. The van der Waals surface area contributed by atoms with Crippen LogP contribution in [0.1, 0.15) is 86.2 Å². The fourth-order valence-corrected chi connectivity index (χ4v) is 7.61. The third-order valence-electron chi connectivity index (χ3n) is 9.90. The molecular weight excluding hydrogens is 498 g/mol. The van der Waals surface area contributed by atoms with Gasteiger partial charge in [0, 0.05) is 54.9 Å². The van der Waals surface area contributed by atoms with Crippen LogP contribution in [0.4, 0.5) is 5.69 Å². The van der Waals surface area contributed by atoms with E-state index in [-0.39, 0.29) is 0 Å². The Hall–Kier alpha value is -2.83. The zero-order valence-corrected chi connectivity index (χ0v) is 24.5. The highest BCUT2D eigenvalue weighted by atomic mass is 16.4. The summed E-state index contributed by atoms with van der Waals surface area (Å²) in [6.45, 7) is 11.8. The number of fused-ring (bicyclic) bond motifs is 5. The molecule has 1 aromatic heterocycles. The molecule has 214 valence electrons. The maximum atomic E-state index is 12.0. The van der Waals surface area contributed by atoms with Gasteiger partial charge in [-0.05, 0) is 94.2 Å². The molecule has 0 radical (unpaired) electrons. The Kier molecular flexibility index (Phi) is 7.43. The van der Waals surface area contributed by atoms with Crippen LogP contribution in [-0.4, -0.2) is 64.0 Å². The molecule has 40 heavy (non-hydrogen) atoms. The van der Waals surface area contributed by atoms with E-state index in [1.165, 1.54) is 65.6 Å². The average molecular weight is 544 g/mol. The van der Waals surface area contributed by atoms with Crippen LogP contribution >= 0.6 is 0 Å². The van der Waals surface area contributed by atoms with Crippen LogP contribution in [0.2, 0.25) is 0 Å². The summed E-state index contributed by atoms with van der Waals surface area (Å²) in [7, 11) is 0. The number of nitrogens with zero attached hydrogens (tertiary/aromatic N) is 3. The number of carbonyl (C=O) groups is 1. The summed E-state index contributed by atoms with van der Waals surface area (Å²) in [6, 6.07) is 12.7. The summed E-state index contributed by atoms with van der Waals surface area (Å²) in [5.41, 5.74) is 7.37. The first-order valence-electron chi connectivity index (χ1n) is 15.4. The third-order valence-corrected chi connectivity index (χ3v) is 9.90. The highest BCUT2D eigenvalue weighted by molar-refractivity contribution is 5.99. The van der Waals surface area contributed by atoms with Crippen molar-refractivity contribution in [3.8, 4) is 11.3 Å². The number of piperidine rings is 1. The number of aliphatic hydroxyl groups is 1. The number of benzene rings is 2. The summed E-state index contributed by atoms with van der Waals surface area (Å²) in [6.07, 6.45) is 8.47. The van der Waals surface area contributed by atoms with E-state index in [1.807, 2.05) is 19.9 Å². The molecule has 0 bridgehead atoms. The SMILES string of the molecule is Cc1ccc2c(c1)N(CCN1CCC[C@@H](C(C)(C)O)C1)CCn1c-2c(C2CCCCC2)c2ccc(C(=O)O)cc21. The Morgan fingerprint density at radius 3 is 2.50 bits per heavy atom. The van der Waals surface area contributed by atoms with Gasteiger partial charge < -0.3 is 24.6 Å². The molecule has 0 unspecified atom stereocenters. The minimum atomic E-state index is -0.867. The van der Waals surface area contributed by atoms with E-state index in [0.717, 1.165) is 57.6 Å². The molecular formula is C34H45N3O3. The molecule has 2 aromatic carbocycles. The monoisotopic (exact) mass is 543 g/mol. The van der Waals surface area contributed by atoms with E-state index in [9.17, 15) is 15.0 Å². The summed E-state index contributed by atoms with van der Waals surface area (Å²) in [5, 5.41) is 21.7. The van der Waals surface area contributed by atoms with Gasteiger partial charge in [-0.15, -0.1) is 0 Å². The Bertz CT molecular complexity index is 1400. The number of anilines is 1. The van der Waals surface area contributed by atoms with E-state index in [4.69, 9.17) is 0 Å². The quantitative estimate of drug-likeness (QED) is 0.364. The van der Waals surface area contributed by atoms with Crippen molar-refractivity contribution in [3.05, 3.63) is 53.1 Å². The van der Waals surface area contributed by atoms with Crippen molar-refractivity contribution in [2.45, 2.75) is 83.8 Å². The molecule has 2 aliphatic heterocycles. The molecule has 6 heteroatoms. The van der Waals surface area contributed by atoms with Gasteiger partial charge in [0.05, 0.1) is 16.9 Å². The maximum Gasteiger partial charge on any atom is 0.335 e. The summed E-state index contributed by atoms with van der Waals surface area (Å²) >= 11 is 0. The van der Waals surface area contributed by atoms with Gasteiger partial charge in [0.25, 0.3) is 0 Å². The van der Waals surface area contributed by atoms with Gasteiger partial charge in [0.1, 0.15) is 0 Å². The number of hydrogen-bond acceptors (Lipinski definition) is 4. The average Bonchev–Trinajstić information content (AvgIpc) is 3.17. The first kappa shape index (κ1) is 27.3. The molecule has 6 nitrogen and oxygen atoms in total. The molecule has 3 heterocycles. The van der Waals surface area contributed by atoms with Crippen LogP contribution in [-0.2, 0) is 6.54 Å². The van der Waals surface area contributed by atoms with E-state index in [1.54, 1.807) is 6.07 Å². The zero-order chi connectivity index (χ0) is 28.0. The van der Waals surface area contributed by atoms with E-state index < -0.39 is 11.6 Å². The number of likely N-dealkylation sites (tertiary alicyclic amines) is 1. The van der Waals surface area contributed by atoms with E-state index >= 15 is 0 Å². The molecule has 0 amide bonds. The van der Waals surface area contributed by atoms with E-state index in [2.05, 4.69) is 45.6 Å². The lowest BCUT2D eigenvalue weighted by Crippen LogP contribution is -2.47. The number of aromatic carboxylic acids is 1. The third kappa shape index (κ3) is 5.16. The van der Waals surface area contributed by atoms with Crippen molar-refractivity contribution in [2.24, 2.45) is 5.92 Å². The number of rotatable bonds is 6. The second-order valence-corrected chi connectivity index (χ2v) is 13.1. The molecule has 2 N–H and O–H groups in total. The first-order chi connectivity index (χ1) is 19.2. The zero-order valence-electron chi connectivity index (χ0n) is 24.5. The van der Waals surface area contributed by atoms with Gasteiger partial charge in [-0.1, -0.05) is 37.5 Å². The van der Waals surface area contributed by atoms with Crippen LogP contribution in [0.5, 0.6) is 0 Å². The van der Waals surface area contributed by atoms with Crippen LogP contribution in [0.25, 0.3) is 22.2 Å². The predicted molar refractivity (Wildman–Crippen MR) is 163 cm³/mol. The lowest BCUT2D eigenvalue weighted by Gasteiger charge is -2.39. The largest absolute Gasteiger partial charge is 0.478 e. The Labute approximate surface area is 238 Å². The van der Waals surface area contributed by atoms with Crippen LogP contribution < -0.4 is 4.90 Å². The maximum absolute atomic E-state index is 12.0. The molecule has 6 rings (SSSR count). The normalized spacial score (nSPS) is 20.8. The highest BCUT2D eigenvalue weighted by Gasteiger charge is 2.33. The second kappa shape index (κ2) is 10.9. The van der Waals surface area contributed by atoms with Gasteiger partial charge in [-0.25, -0.2) is 4.79 Å². The standard InChI is InChI=1S/C34H45N3O3/c1-23-11-13-28-29(20-23)36(17-16-35-15-7-10-26(22-35)34(2,3)40)18-19-37-30-21-25(33(38)39)12-14-27(30)31(32(28)37)24-8-5-4-6-9-24/h11-14,20-21,24,26,40H,4-10,15-19,22H2,1-3H3,(H,38,39)/t26-/m1/s1. The molecule has 3 aliphatic rings. The molecule has 1 aliphatic carbocycles. The minimum Gasteiger partial charge on any atom is -0.478 e. The predicted octanol–water partition coefficient (Wildman–Crippen LogP) is 6.67. The first-order valence-corrected chi connectivity index (χ1v) is 15.4. The fourth-order valence-electron chi connectivity index (χ4n) is 7.61. The molecule has 3 aromatic rings. The molecule has 0 spiro atoms. The van der Waals surface area contributed by atoms with Crippen molar-refractivity contribution in [1.29, 1.82) is 0 Å². The molecule has 1 atom stereocenters. The van der Waals surface area contributed by atoms with Crippen LogP contribution in [0.15, 0.2) is 36.4 Å². The number of hydrogen-bond donors (Lipinski definition) is 2. The van der Waals surface area contributed by atoms with Gasteiger partial charge in [0.15, 0.2) is 0 Å². The van der Waals surface area contributed by atoms with Crippen LogP contribution in [0, 0.1) is 12.8 Å². The van der Waals surface area contributed by atoms with Crippen molar-refractivity contribution < 1.29 is 15.0 Å². The molecule has 1 saturated carbocycles. The second-order valence-electron chi connectivity index (χ2n) is 13.1. The smallest absolute Gasteiger partial charge is 0.335 e. The lowest BCUT2D eigenvalue weighted by molar-refractivity contribution is -0.0176. The molecule has 2 fully saturated rings. The minimum absolute atomic E-state index is 0.313. The Balaban J connectivity index is 1.40. The number of carboxylic acids is 1. The van der Waals surface area contributed by atoms with Gasteiger partial charge in [-0.3, -0.25) is 0 Å². The van der Waals surface area contributed by atoms with Crippen molar-refractivity contribution in [1.82, 2.24) is 9.47 Å². The van der Waals surface area contributed by atoms with Crippen molar-refractivity contribution in [3.63, 3.8) is 0 Å². The number of aryl methyl sites for hydroxylation is 1. The number of carboxylic acid groups (broad SMARTS) is 1. The number of aromatic nitrogens is 1. The molecule has 1 saturated heterocycles. The van der Waals surface area contributed by atoms with Gasteiger partial charge in [-0.2, -0.15) is 0 Å². The summed E-state index contributed by atoms with van der Waals surface area (Å²) < 4.78 is 2.44. The Morgan fingerprint density at radius 1 is 0.950 bits per heavy atom. The summed E-state index contributed by atoms with van der Waals surface area (Å²) in [5.74, 6) is -0.0432.